The maximum absolute atomic E-state index is 3.14. The van der Waals surface area contributed by atoms with Crippen molar-refractivity contribution in [2.45, 2.75) is 13.8 Å². The van der Waals surface area contributed by atoms with Crippen molar-refractivity contribution in [3.63, 3.8) is 0 Å². The fraction of sp³-hybridized carbons (Fsp3) is 0.200. The van der Waals surface area contributed by atoms with Crippen LogP contribution in [0.4, 0.5) is 0 Å². The molecule has 1 aromatic carbocycles. The predicted molar refractivity (Wildman–Crippen MR) is 64.2 cm³/mol. The van der Waals surface area contributed by atoms with E-state index in [0.717, 1.165) is 0 Å². The van der Waals surface area contributed by atoms with Crippen LogP contribution in [-0.2, 0) is 0 Å². The zero-order valence-electron chi connectivity index (χ0n) is 9.04. The SMILES string of the molecule is CC1(C)C=CC=C2C1=Cc1c[c]ccc12. The lowest BCUT2D eigenvalue weighted by Crippen LogP contribution is -2.12. The van der Waals surface area contributed by atoms with Crippen LogP contribution < -0.4 is 0 Å². The lowest BCUT2D eigenvalue weighted by atomic mass is 9.77. The zero-order valence-corrected chi connectivity index (χ0v) is 9.04. The first-order chi connectivity index (χ1) is 7.18. The molecule has 1 radical (unpaired) electrons. The van der Waals surface area contributed by atoms with Crippen LogP contribution in [0.25, 0.3) is 11.6 Å². The third-order valence-electron chi connectivity index (χ3n) is 3.25. The molecule has 0 amide bonds. The average Bonchev–Trinajstić information content (AvgIpc) is 2.58. The Bertz CT molecular complexity index is 511. The molecule has 0 bridgehead atoms. The monoisotopic (exact) mass is 193 g/mol. The normalized spacial score (nSPS) is 20.4. The summed E-state index contributed by atoms with van der Waals surface area (Å²) in [6.07, 6.45) is 8.93. The molecule has 0 nitrogen and oxygen atoms in total. The fourth-order valence-corrected chi connectivity index (χ4v) is 2.37. The third-order valence-corrected chi connectivity index (χ3v) is 3.25. The van der Waals surface area contributed by atoms with Crippen LogP contribution in [0.1, 0.15) is 25.0 Å². The molecule has 0 aromatic heterocycles. The van der Waals surface area contributed by atoms with Crippen molar-refractivity contribution in [3.8, 4) is 0 Å². The molecule has 2 aliphatic carbocycles. The fourth-order valence-electron chi connectivity index (χ4n) is 2.37. The van der Waals surface area contributed by atoms with E-state index in [2.05, 4.69) is 56.4 Å². The van der Waals surface area contributed by atoms with Crippen molar-refractivity contribution in [1.82, 2.24) is 0 Å². The lowest BCUT2D eigenvalue weighted by Gasteiger charge is -2.26. The number of hydrogen-bond acceptors (Lipinski definition) is 0. The van der Waals surface area contributed by atoms with Gasteiger partial charge in [0.2, 0.25) is 0 Å². The van der Waals surface area contributed by atoms with Crippen LogP contribution in [0.15, 0.2) is 42.0 Å². The Kier molecular flexibility index (Phi) is 1.59. The van der Waals surface area contributed by atoms with E-state index in [9.17, 15) is 0 Å². The summed E-state index contributed by atoms with van der Waals surface area (Å²) in [5, 5.41) is 0. The summed E-state index contributed by atoms with van der Waals surface area (Å²) in [6.45, 7) is 4.52. The zero-order chi connectivity index (χ0) is 10.5. The number of benzene rings is 1. The second kappa shape index (κ2) is 2.73. The highest BCUT2D eigenvalue weighted by atomic mass is 14.3. The Morgan fingerprint density at radius 1 is 1.27 bits per heavy atom. The second-order valence-electron chi connectivity index (χ2n) is 4.73. The van der Waals surface area contributed by atoms with Gasteiger partial charge in [-0.25, -0.2) is 0 Å². The standard InChI is InChI=1S/C15H13/c1-15(2)9-5-8-13-12-7-4-3-6-11(12)10-14(13)15/h4-10H,1-2H3. The van der Waals surface area contributed by atoms with Gasteiger partial charge in [0.15, 0.2) is 0 Å². The van der Waals surface area contributed by atoms with Gasteiger partial charge in [-0.05, 0) is 40.5 Å². The van der Waals surface area contributed by atoms with E-state index in [-0.39, 0.29) is 5.41 Å². The quantitative estimate of drug-likeness (QED) is 0.587. The molecule has 0 spiro atoms. The first-order valence-corrected chi connectivity index (χ1v) is 5.31. The summed E-state index contributed by atoms with van der Waals surface area (Å²) in [7, 11) is 0. The molecule has 73 valence electrons. The van der Waals surface area contributed by atoms with Crippen molar-refractivity contribution in [2.75, 3.05) is 0 Å². The van der Waals surface area contributed by atoms with Gasteiger partial charge >= 0.3 is 0 Å². The van der Waals surface area contributed by atoms with Crippen LogP contribution in [0.5, 0.6) is 0 Å². The molecule has 0 unspecified atom stereocenters. The Labute approximate surface area is 90.6 Å². The molecule has 0 N–H and O–H groups in total. The number of fused-ring (bicyclic) bond motifs is 3. The summed E-state index contributed by atoms with van der Waals surface area (Å²) >= 11 is 0. The highest BCUT2D eigenvalue weighted by Crippen LogP contribution is 2.47. The Morgan fingerprint density at radius 3 is 3.00 bits per heavy atom. The molecule has 1 aromatic rings. The average molecular weight is 193 g/mol. The smallest absolute Gasteiger partial charge is 0.00847 e. The van der Waals surface area contributed by atoms with Gasteiger partial charge in [-0.2, -0.15) is 0 Å². The lowest BCUT2D eigenvalue weighted by molar-refractivity contribution is 0.601. The van der Waals surface area contributed by atoms with Gasteiger partial charge in [0.05, 0.1) is 0 Å². The molecule has 0 aliphatic heterocycles. The summed E-state index contributed by atoms with van der Waals surface area (Å²) in [5.74, 6) is 0. The number of rotatable bonds is 0. The maximum Gasteiger partial charge on any atom is 0.00847 e. The summed E-state index contributed by atoms with van der Waals surface area (Å²) in [4.78, 5) is 0. The predicted octanol–water partition coefficient (Wildman–Crippen LogP) is 3.86. The van der Waals surface area contributed by atoms with Crippen LogP contribution >= 0.6 is 0 Å². The van der Waals surface area contributed by atoms with Crippen molar-refractivity contribution in [2.24, 2.45) is 5.41 Å². The van der Waals surface area contributed by atoms with Gasteiger partial charge in [-0.15, -0.1) is 0 Å². The molecule has 15 heavy (non-hydrogen) atoms. The number of hydrogen-bond donors (Lipinski definition) is 0. The van der Waals surface area contributed by atoms with Crippen LogP contribution in [0.3, 0.4) is 0 Å². The summed E-state index contributed by atoms with van der Waals surface area (Å²) < 4.78 is 0. The van der Waals surface area contributed by atoms with Crippen LogP contribution in [-0.4, -0.2) is 0 Å². The van der Waals surface area contributed by atoms with E-state index in [1.807, 2.05) is 6.07 Å². The van der Waals surface area contributed by atoms with Crippen molar-refractivity contribution < 1.29 is 0 Å². The summed E-state index contributed by atoms with van der Waals surface area (Å²) in [6, 6.07) is 9.35. The van der Waals surface area contributed by atoms with E-state index in [4.69, 9.17) is 0 Å². The molecule has 0 saturated heterocycles. The van der Waals surface area contributed by atoms with E-state index in [0.29, 0.717) is 0 Å². The van der Waals surface area contributed by atoms with Gasteiger partial charge in [0.1, 0.15) is 0 Å². The molecule has 0 saturated carbocycles. The topological polar surface area (TPSA) is 0 Å². The van der Waals surface area contributed by atoms with Crippen LogP contribution in [0.2, 0.25) is 0 Å². The Hall–Kier alpha value is -1.56. The van der Waals surface area contributed by atoms with Crippen molar-refractivity contribution >= 4 is 11.6 Å². The minimum Gasteiger partial charge on any atom is -0.0744 e. The van der Waals surface area contributed by atoms with Gasteiger partial charge in [-0.3, -0.25) is 0 Å². The highest BCUT2D eigenvalue weighted by Gasteiger charge is 2.30. The molecule has 0 heterocycles. The van der Waals surface area contributed by atoms with Crippen LogP contribution in [0, 0.1) is 11.5 Å². The molecule has 2 aliphatic rings. The molecule has 0 heteroatoms. The van der Waals surface area contributed by atoms with Gasteiger partial charge < -0.3 is 0 Å². The third kappa shape index (κ3) is 1.14. The van der Waals surface area contributed by atoms with Crippen molar-refractivity contribution in [3.05, 3.63) is 59.2 Å². The van der Waals surface area contributed by atoms with E-state index in [1.165, 1.54) is 22.3 Å². The molecule has 3 rings (SSSR count). The maximum atomic E-state index is 3.14. The Morgan fingerprint density at radius 2 is 2.13 bits per heavy atom. The molecular weight excluding hydrogens is 180 g/mol. The van der Waals surface area contributed by atoms with Gasteiger partial charge in [0, 0.05) is 5.41 Å². The Balaban J connectivity index is 2.25. The minimum absolute atomic E-state index is 0.156. The minimum atomic E-state index is 0.156. The van der Waals surface area contributed by atoms with E-state index < -0.39 is 0 Å². The first-order valence-electron chi connectivity index (χ1n) is 5.31. The second-order valence-corrected chi connectivity index (χ2v) is 4.73. The highest BCUT2D eigenvalue weighted by molar-refractivity contribution is 5.97. The van der Waals surface area contributed by atoms with Gasteiger partial charge in [-0.1, -0.05) is 44.2 Å². The number of allylic oxidation sites excluding steroid dienone is 5. The largest absolute Gasteiger partial charge is 0.0744 e. The molecule has 0 atom stereocenters. The van der Waals surface area contributed by atoms with Crippen molar-refractivity contribution in [1.29, 1.82) is 0 Å². The first kappa shape index (κ1) is 8.72. The van der Waals surface area contributed by atoms with E-state index in [1.54, 1.807) is 0 Å². The van der Waals surface area contributed by atoms with Gasteiger partial charge in [0.25, 0.3) is 0 Å². The summed E-state index contributed by atoms with van der Waals surface area (Å²) in [5.41, 5.74) is 5.62. The molecule has 0 fully saturated rings. The molecular formula is C15H13. The van der Waals surface area contributed by atoms with E-state index >= 15 is 0 Å².